The first-order valence-electron chi connectivity index (χ1n) is 4.59. The third kappa shape index (κ3) is 2.66. The summed E-state index contributed by atoms with van der Waals surface area (Å²) in [5.74, 6) is 4.08. The lowest BCUT2D eigenvalue weighted by molar-refractivity contribution is 0.409. The molecule has 0 saturated heterocycles. The van der Waals surface area contributed by atoms with Gasteiger partial charge in [0, 0.05) is 0 Å². The highest BCUT2D eigenvalue weighted by Gasteiger charge is 2.17. The summed E-state index contributed by atoms with van der Waals surface area (Å²) >= 11 is 5.58. The summed E-state index contributed by atoms with van der Waals surface area (Å²) in [6, 6.07) is 4.18. The van der Waals surface area contributed by atoms with E-state index in [1.54, 1.807) is 0 Å². The van der Waals surface area contributed by atoms with Gasteiger partial charge in [0.15, 0.2) is 11.7 Å². The summed E-state index contributed by atoms with van der Waals surface area (Å²) in [5.41, 5.74) is 5.07. The zero-order valence-corrected chi connectivity index (χ0v) is 9.79. The largest absolute Gasteiger partial charge is 0.510 e. The standard InChI is InChI=1S/C10H12ClFN4O/c1-5(17)9(13)10(14)16(15)7-4-2-3-6(11)8(7)12/h2-4,14,17H,13,15H2,1H3. The number of benzene rings is 1. The second-order valence-electron chi connectivity index (χ2n) is 3.29. The highest BCUT2D eigenvalue weighted by molar-refractivity contribution is 6.31. The maximum absolute atomic E-state index is 13.6. The predicted molar refractivity (Wildman–Crippen MR) is 65.3 cm³/mol. The molecule has 6 N–H and O–H groups in total. The minimum absolute atomic E-state index is 0.105. The Kier molecular flexibility index (Phi) is 3.93. The first kappa shape index (κ1) is 13.3. The summed E-state index contributed by atoms with van der Waals surface area (Å²) in [6.07, 6.45) is 0. The normalized spacial score (nSPS) is 12.0. The molecule has 92 valence electrons. The first-order valence-corrected chi connectivity index (χ1v) is 4.97. The summed E-state index contributed by atoms with van der Waals surface area (Å²) in [4.78, 5) is 0. The molecule has 0 fully saturated rings. The molecule has 0 saturated carbocycles. The van der Waals surface area contributed by atoms with Gasteiger partial charge < -0.3 is 10.8 Å². The fourth-order valence-electron chi connectivity index (χ4n) is 1.10. The van der Waals surface area contributed by atoms with E-state index < -0.39 is 11.7 Å². The molecule has 7 heteroatoms. The van der Waals surface area contributed by atoms with E-state index in [0.717, 1.165) is 0 Å². The molecule has 0 spiro atoms. The van der Waals surface area contributed by atoms with Gasteiger partial charge in [-0.2, -0.15) is 0 Å². The molecule has 0 amide bonds. The van der Waals surface area contributed by atoms with Crippen LogP contribution in [0.4, 0.5) is 10.1 Å². The third-order valence-corrected chi connectivity index (χ3v) is 2.37. The number of anilines is 1. The number of hydrazine groups is 1. The number of allylic oxidation sites excluding steroid dienone is 1. The molecule has 0 aliphatic rings. The van der Waals surface area contributed by atoms with Gasteiger partial charge in [-0.1, -0.05) is 17.7 Å². The van der Waals surface area contributed by atoms with Crippen LogP contribution in [0.2, 0.25) is 5.02 Å². The van der Waals surface area contributed by atoms with Crippen molar-refractivity contribution in [2.45, 2.75) is 6.92 Å². The van der Waals surface area contributed by atoms with Crippen LogP contribution in [0.3, 0.4) is 0 Å². The van der Waals surface area contributed by atoms with Crippen LogP contribution in [0, 0.1) is 11.2 Å². The van der Waals surface area contributed by atoms with Crippen LogP contribution in [0.5, 0.6) is 0 Å². The predicted octanol–water partition coefficient (Wildman–Crippen LogP) is 1.88. The van der Waals surface area contributed by atoms with E-state index in [-0.39, 0.29) is 22.2 Å². The molecule has 1 aromatic rings. The van der Waals surface area contributed by atoms with Crippen LogP contribution in [-0.2, 0) is 0 Å². The molecular formula is C10H12ClFN4O. The van der Waals surface area contributed by atoms with Crippen molar-refractivity contribution in [3.8, 4) is 0 Å². The number of nitrogens with zero attached hydrogens (tertiary/aromatic N) is 1. The minimum atomic E-state index is -0.759. The molecule has 0 aliphatic carbocycles. The highest BCUT2D eigenvalue weighted by Crippen LogP contribution is 2.24. The number of nitrogens with one attached hydrogen (secondary N) is 1. The van der Waals surface area contributed by atoms with Crippen LogP contribution < -0.4 is 16.6 Å². The Morgan fingerprint density at radius 3 is 2.65 bits per heavy atom. The molecule has 0 unspecified atom stereocenters. The molecule has 5 nitrogen and oxygen atoms in total. The Bertz CT molecular complexity index is 485. The SMILES string of the molecule is CC(O)=C(N)C(=N)N(N)c1cccc(Cl)c1F. The average Bonchev–Trinajstić information content (AvgIpc) is 2.29. The molecule has 0 aliphatic heterocycles. The molecule has 0 aromatic heterocycles. The molecule has 17 heavy (non-hydrogen) atoms. The van der Waals surface area contributed by atoms with Gasteiger partial charge in [0.05, 0.1) is 10.7 Å². The van der Waals surface area contributed by atoms with Crippen LogP contribution in [0.25, 0.3) is 0 Å². The number of aliphatic hydroxyl groups is 1. The third-order valence-electron chi connectivity index (χ3n) is 2.08. The van der Waals surface area contributed by atoms with Gasteiger partial charge in [-0.3, -0.25) is 10.4 Å². The molecule has 0 heterocycles. The number of hydrogen-bond donors (Lipinski definition) is 4. The lowest BCUT2D eigenvalue weighted by Gasteiger charge is -2.20. The lowest BCUT2D eigenvalue weighted by Crippen LogP contribution is -2.41. The lowest BCUT2D eigenvalue weighted by atomic mass is 10.2. The van der Waals surface area contributed by atoms with Crippen molar-refractivity contribution < 1.29 is 9.50 Å². The smallest absolute Gasteiger partial charge is 0.166 e. The van der Waals surface area contributed by atoms with Crippen molar-refractivity contribution in [3.63, 3.8) is 0 Å². The van der Waals surface area contributed by atoms with Crippen molar-refractivity contribution in [2.75, 3.05) is 5.01 Å². The molecule has 0 bridgehead atoms. The van der Waals surface area contributed by atoms with Crippen molar-refractivity contribution in [1.29, 1.82) is 5.41 Å². The first-order chi connectivity index (χ1) is 7.86. The fraction of sp³-hybridized carbons (Fsp3) is 0.100. The summed E-state index contributed by atoms with van der Waals surface area (Å²) in [5, 5.41) is 17.3. The average molecular weight is 259 g/mol. The number of aliphatic hydroxyl groups excluding tert-OH is 1. The molecular weight excluding hydrogens is 247 g/mol. The quantitative estimate of drug-likeness (QED) is 0.214. The van der Waals surface area contributed by atoms with Gasteiger partial charge in [-0.15, -0.1) is 0 Å². The summed E-state index contributed by atoms with van der Waals surface area (Å²) < 4.78 is 13.6. The van der Waals surface area contributed by atoms with E-state index in [4.69, 9.17) is 33.7 Å². The highest BCUT2D eigenvalue weighted by atomic mass is 35.5. The van der Waals surface area contributed by atoms with E-state index in [0.29, 0.717) is 5.01 Å². The van der Waals surface area contributed by atoms with E-state index in [2.05, 4.69) is 0 Å². The zero-order valence-electron chi connectivity index (χ0n) is 9.04. The number of rotatable bonds is 2. The summed E-state index contributed by atoms with van der Waals surface area (Å²) in [7, 11) is 0. The van der Waals surface area contributed by atoms with Gasteiger partial charge >= 0.3 is 0 Å². The van der Waals surface area contributed by atoms with Crippen LogP contribution in [-0.4, -0.2) is 10.9 Å². The van der Waals surface area contributed by atoms with Gasteiger partial charge in [0.1, 0.15) is 11.5 Å². The van der Waals surface area contributed by atoms with Crippen molar-refractivity contribution in [2.24, 2.45) is 11.6 Å². The van der Waals surface area contributed by atoms with Gasteiger partial charge in [0.25, 0.3) is 0 Å². The second-order valence-corrected chi connectivity index (χ2v) is 3.70. The monoisotopic (exact) mass is 258 g/mol. The number of hydrogen-bond acceptors (Lipinski definition) is 4. The van der Waals surface area contributed by atoms with Crippen LogP contribution in [0.1, 0.15) is 6.92 Å². The van der Waals surface area contributed by atoms with E-state index in [9.17, 15) is 4.39 Å². The Morgan fingerprint density at radius 2 is 2.12 bits per heavy atom. The maximum atomic E-state index is 13.6. The number of halogens is 2. The van der Waals surface area contributed by atoms with Crippen molar-refractivity contribution in [3.05, 3.63) is 40.5 Å². The number of amidine groups is 1. The van der Waals surface area contributed by atoms with Gasteiger partial charge in [-0.25, -0.2) is 10.2 Å². The van der Waals surface area contributed by atoms with E-state index in [1.165, 1.54) is 25.1 Å². The second kappa shape index (κ2) is 5.03. The van der Waals surface area contributed by atoms with E-state index in [1.807, 2.05) is 0 Å². The molecule has 1 rings (SSSR count). The Morgan fingerprint density at radius 1 is 1.53 bits per heavy atom. The Balaban J connectivity index is 3.14. The Hall–Kier alpha value is -1.79. The molecule has 1 aromatic carbocycles. The van der Waals surface area contributed by atoms with Crippen molar-refractivity contribution in [1.82, 2.24) is 0 Å². The van der Waals surface area contributed by atoms with E-state index >= 15 is 0 Å². The molecule has 0 atom stereocenters. The topological polar surface area (TPSA) is 99.4 Å². The molecule has 0 radical (unpaired) electrons. The maximum Gasteiger partial charge on any atom is 0.166 e. The van der Waals surface area contributed by atoms with Crippen LogP contribution >= 0.6 is 11.6 Å². The minimum Gasteiger partial charge on any atom is -0.510 e. The van der Waals surface area contributed by atoms with Gasteiger partial charge in [-0.05, 0) is 19.1 Å². The van der Waals surface area contributed by atoms with Crippen molar-refractivity contribution >= 4 is 23.1 Å². The Labute approximate surface area is 103 Å². The summed E-state index contributed by atoms with van der Waals surface area (Å²) in [6.45, 7) is 1.30. The zero-order chi connectivity index (χ0) is 13.2. The number of nitrogens with two attached hydrogens (primary N) is 2. The van der Waals surface area contributed by atoms with Crippen LogP contribution in [0.15, 0.2) is 29.7 Å². The van der Waals surface area contributed by atoms with Gasteiger partial charge in [0.2, 0.25) is 0 Å². The fourth-order valence-corrected chi connectivity index (χ4v) is 1.27.